The maximum Gasteiger partial charge on any atom is 0.133 e. The molecule has 0 atom stereocenters. The van der Waals surface area contributed by atoms with Crippen LogP contribution in [0.1, 0.15) is 50.8 Å². The third kappa shape index (κ3) is 2.46. The van der Waals surface area contributed by atoms with Gasteiger partial charge in [-0.3, -0.25) is 0 Å². The van der Waals surface area contributed by atoms with Crippen molar-refractivity contribution in [2.45, 2.75) is 44.9 Å². The average molecular weight is 205 g/mol. The Morgan fingerprint density at radius 1 is 1.33 bits per heavy atom. The molecule has 0 aromatic carbocycles. The van der Waals surface area contributed by atoms with Crippen LogP contribution in [0, 0.1) is 5.92 Å². The summed E-state index contributed by atoms with van der Waals surface area (Å²) in [5.74, 6) is 3.00. The van der Waals surface area contributed by atoms with Crippen molar-refractivity contribution < 1.29 is 0 Å². The minimum atomic E-state index is 0.538. The summed E-state index contributed by atoms with van der Waals surface area (Å²) in [5, 5.41) is 0. The summed E-state index contributed by atoms with van der Waals surface area (Å²) in [6.45, 7) is 2.28. The molecular weight excluding hydrogens is 186 g/mol. The molecule has 0 unspecified atom stereocenters. The molecule has 1 saturated carbocycles. The number of nitrogens with zero attached hydrogens (tertiary/aromatic N) is 2. The van der Waals surface area contributed by atoms with Crippen LogP contribution in [-0.4, -0.2) is 9.97 Å². The van der Waals surface area contributed by atoms with Crippen molar-refractivity contribution >= 4 is 5.82 Å². The van der Waals surface area contributed by atoms with Crippen LogP contribution in [0.5, 0.6) is 0 Å². The second kappa shape index (κ2) is 4.60. The van der Waals surface area contributed by atoms with Crippen molar-refractivity contribution in [3.8, 4) is 0 Å². The van der Waals surface area contributed by atoms with Gasteiger partial charge in [0.1, 0.15) is 11.6 Å². The summed E-state index contributed by atoms with van der Waals surface area (Å²) in [7, 11) is 0. The molecular formula is C12H19N3. The Bertz CT molecular complexity index is 316. The Balaban J connectivity index is 2.01. The van der Waals surface area contributed by atoms with E-state index in [1.165, 1.54) is 32.1 Å². The normalized spacial score (nSPS) is 26.5. The quantitative estimate of drug-likeness (QED) is 0.807. The highest BCUT2D eigenvalue weighted by molar-refractivity contribution is 5.25. The van der Waals surface area contributed by atoms with Crippen molar-refractivity contribution in [3.63, 3.8) is 0 Å². The third-order valence-corrected chi connectivity index (χ3v) is 3.49. The van der Waals surface area contributed by atoms with Gasteiger partial charge in [0.2, 0.25) is 0 Å². The van der Waals surface area contributed by atoms with E-state index in [-0.39, 0.29) is 0 Å². The highest BCUT2D eigenvalue weighted by Gasteiger charge is 2.22. The Kier molecular flexibility index (Phi) is 3.19. The molecule has 82 valence electrons. The number of anilines is 1. The molecule has 0 radical (unpaired) electrons. The first kappa shape index (κ1) is 10.4. The maximum absolute atomic E-state index is 5.67. The minimum absolute atomic E-state index is 0.538. The third-order valence-electron chi connectivity index (χ3n) is 3.49. The molecule has 3 nitrogen and oxygen atoms in total. The van der Waals surface area contributed by atoms with Crippen molar-refractivity contribution in [2.75, 3.05) is 5.73 Å². The van der Waals surface area contributed by atoms with Crippen LogP contribution in [0.25, 0.3) is 0 Å². The van der Waals surface area contributed by atoms with Gasteiger partial charge in [0.25, 0.3) is 0 Å². The van der Waals surface area contributed by atoms with Crippen LogP contribution >= 0.6 is 0 Å². The molecule has 1 aromatic rings. The fraction of sp³-hybridized carbons (Fsp3) is 0.667. The monoisotopic (exact) mass is 205 g/mol. The van der Waals surface area contributed by atoms with Gasteiger partial charge >= 0.3 is 0 Å². The molecule has 2 rings (SSSR count). The topological polar surface area (TPSA) is 51.8 Å². The van der Waals surface area contributed by atoms with Crippen LogP contribution < -0.4 is 5.73 Å². The van der Waals surface area contributed by atoms with Crippen molar-refractivity contribution in [1.29, 1.82) is 0 Å². The lowest BCUT2D eigenvalue weighted by Gasteiger charge is -2.26. The van der Waals surface area contributed by atoms with Gasteiger partial charge in [-0.15, -0.1) is 0 Å². The molecule has 15 heavy (non-hydrogen) atoms. The van der Waals surface area contributed by atoms with Crippen LogP contribution in [-0.2, 0) is 0 Å². The Hall–Kier alpha value is -1.12. The molecule has 0 bridgehead atoms. The molecule has 1 aliphatic rings. The molecule has 1 aromatic heterocycles. The Labute approximate surface area is 91.1 Å². The zero-order chi connectivity index (χ0) is 10.7. The average Bonchev–Trinajstić information content (AvgIpc) is 2.29. The molecule has 0 aliphatic heterocycles. The zero-order valence-electron chi connectivity index (χ0n) is 9.32. The zero-order valence-corrected chi connectivity index (χ0v) is 9.32. The summed E-state index contributed by atoms with van der Waals surface area (Å²) in [4.78, 5) is 8.64. The first-order chi connectivity index (χ1) is 7.29. The van der Waals surface area contributed by atoms with Crippen molar-refractivity contribution in [2.24, 2.45) is 5.92 Å². The van der Waals surface area contributed by atoms with E-state index in [9.17, 15) is 0 Å². The van der Waals surface area contributed by atoms with Crippen LogP contribution in [0.4, 0.5) is 5.82 Å². The molecule has 3 heteroatoms. The SMILES string of the molecule is CCC1CCC(c2nccc(N)n2)CC1. The lowest BCUT2D eigenvalue weighted by molar-refractivity contribution is 0.312. The van der Waals surface area contributed by atoms with Crippen LogP contribution in [0.15, 0.2) is 12.3 Å². The minimum Gasteiger partial charge on any atom is -0.384 e. The second-order valence-corrected chi connectivity index (χ2v) is 4.47. The van der Waals surface area contributed by atoms with Gasteiger partial charge in [-0.1, -0.05) is 13.3 Å². The van der Waals surface area contributed by atoms with Gasteiger partial charge in [-0.25, -0.2) is 9.97 Å². The predicted octanol–water partition coefficient (Wildman–Crippen LogP) is 2.74. The van der Waals surface area contributed by atoms with Crippen molar-refractivity contribution in [1.82, 2.24) is 9.97 Å². The second-order valence-electron chi connectivity index (χ2n) is 4.47. The highest BCUT2D eigenvalue weighted by atomic mass is 14.9. The maximum atomic E-state index is 5.67. The van der Waals surface area contributed by atoms with E-state index in [1.807, 2.05) is 0 Å². The van der Waals surface area contributed by atoms with E-state index in [4.69, 9.17) is 5.73 Å². The highest BCUT2D eigenvalue weighted by Crippen LogP contribution is 2.35. The first-order valence-electron chi connectivity index (χ1n) is 5.88. The smallest absolute Gasteiger partial charge is 0.133 e. The summed E-state index contributed by atoms with van der Waals surface area (Å²) in [6, 6.07) is 1.75. The van der Waals surface area contributed by atoms with Gasteiger partial charge in [-0.05, 0) is 37.7 Å². The molecule has 0 amide bonds. The number of hydrogen-bond acceptors (Lipinski definition) is 3. The Morgan fingerprint density at radius 3 is 2.67 bits per heavy atom. The summed E-state index contributed by atoms with van der Waals surface area (Å²) in [5.41, 5.74) is 5.67. The van der Waals surface area contributed by atoms with Crippen molar-refractivity contribution in [3.05, 3.63) is 18.1 Å². The standard InChI is InChI=1S/C12H19N3/c1-2-9-3-5-10(6-4-9)12-14-8-7-11(13)15-12/h7-10H,2-6H2,1H3,(H2,13,14,15). The van der Waals surface area contributed by atoms with E-state index >= 15 is 0 Å². The molecule has 0 spiro atoms. The van der Waals surface area contributed by atoms with Gasteiger partial charge < -0.3 is 5.73 Å². The Morgan fingerprint density at radius 2 is 2.07 bits per heavy atom. The number of hydrogen-bond donors (Lipinski definition) is 1. The van der Waals surface area contributed by atoms with Crippen LogP contribution in [0.2, 0.25) is 0 Å². The molecule has 2 N–H and O–H groups in total. The number of rotatable bonds is 2. The van der Waals surface area contributed by atoms with Crippen LogP contribution in [0.3, 0.4) is 0 Å². The van der Waals surface area contributed by atoms with E-state index in [2.05, 4.69) is 16.9 Å². The summed E-state index contributed by atoms with van der Waals surface area (Å²) >= 11 is 0. The lowest BCUT2D eigenvalue weighted by atomic mass is 9.80. The fourth-order valence-electron chi connectivity index (χ4n) is 2.41. The first-order valence-corrected chi connectivity index (χ1v) is 5.88. The fourth-order valence-corrected chi connectivity index (χ4v) is 2.41. The van der Waals surface area contributed by atoms with Gasteiger partial charge in [0, 0.05) is 12.1 Å². The number of aromatic nitrogens is 2. The summed E-state index contributed by atoms with van der Waals surface area (Å²) < 4.78 is 0. The van der Waals surface area contributed by atoms with Gasteiger partial charge in [-0.2, -0.15) is 0 Å². The number of nitrogen functional groups attached to an aromatic ring is 1. The lowest BCUT2D eigenvalue weighted by Crippen LogP contribution is -2.15. The van der Waals surface area contributed by atoms with E-state index < -0.39 is 0 Å². The largest absolute Gasteiger partial charge is 0.384 e. The molecule has 1 aliphatic carbocycles. The van der Waals surface area contributed by atoms with Gasteiger partial charge in [0.05, 0.1) is 0 Å². The van der Waals surface area contributed by atoms with E-state index in [0.717, 1.165) is 11.7 Å². The molecule has 1 fully saturated rings. The molecule has 1 heterocycles. The molecule has 0 saturated heterocycles. The van der Waals surface area contributed by atoms with E-state index in [0.29, 0.717) is 11.7 Å². The summed E-state index contributed by atoms with van der Waals surface area (Å²) in [6.07, 6.45) is 8.16. The predicted molar refractivity (Wildman–Crippen MR) is 61.4 cm³/mol. The van der Waals surface area contributed by atoms with Gasteiger partial charge in [0.15, 0.2) is 0 Å². The number of nitrogens with two attached hydrogens (primary N) is 1. The van der Waals surface area contributed by atoms with E-state index in [1.54, 1.807) is 12.3 Å².